The Morgan fingerprint density at radius 2 is 1.93 bits per heavy atom. The molecule has 27 heavy (non-hydrogen) atoms. The van der Waals surface area contributed by atoms with Crippen LogP contribution in [0.1, 0.15) is 20.9 Å². The average molecular weight is 376 g/mol. The average Bonchev–Trinajstić information content (AvgIpc) is 3.14. The number of hydrogen-bond acceptors (Lipinski definition) is 4. The number of aromatic nitrogens is 1. The molecule has 1 aromatic heterocycles. The molecule has 0 saturated carbocycles. The van der Waals surface area contributed by atoms with Crippen LogP contribution in [0.4, 0.5) is 10.6 Å². The molecule has 3 aromatic rings. The minimum absolute atomic E-state index is 0.359. The predicted octanol–water partition coefficient (Wildman–Crippen LogP) is 3.21. The third-order valence-electron chi connectivity index (χ3n) is 3.76. The molecule has 134 valence electrons. The van der Waals surface area contributed by atoms with Gasteiger partial charge in [-0.2, -0.15) is 0 Å². The fourth-order valence-corrected chi connectivity index (χ4v) is 2.96. The second-order valence-electron chi connectivity index (χ2n) is 5.63. The Morgan fingerprint density at radius 1 is 1.15 bits per heavy atom. The maximum Gasteiger partial charge on any atom is 0.320 e. The van der Waals surface area contributed by atoms with Gasteiger partial charge in [0.25, 0.3) is 0 Å². The highest BCUT2D eigenvalue weighted by atomic mass is 32.1. The minimum atomic E-state index is -0.460. The number of amides is 3. The summed E-state index contributed by atoms with van der Waals surface area (Å²) < 4.78 is 0. The van der Waals surface area contributed by atoms with Crippen LogP contribution in [0, 0.1) is 12.3 Å². The quantitative estimate of drug-likeness (QED) is 0.597. The van der Waals surface area contributed by atoms with Gasteiger partial charge in [-0.05, 0) is 34.7 Å². The lowest BCUT2D eigenvalue weighted by atomic mass is 10.0. The maximum absolute atomic E-state index is 11.9. The van der Waals surface area contributed by atoms with Crippen molar-refractivity contribution in [2.75, 3.05) is 5.32 Å². The van der Waals surface area contributed by atoms with E-state index in [1.807, 2.05) is 30.3 Å². The van der Waals surface area contributed by atoms with Gasteiger partial charge in [0.1, 0.15) is 5.82 Å². The number of urea groups is 1. The summed E-state index contributed by atoms with van der Waals surface area (Å²) in [5.74, 6) is 2.38. The molecule has 6 nitrogen and oxygen atoms in total. The molecule has 1 heterocycles. The van der Waals surface area contributed by atoms with Crippen molar-refractivity contribution in [2.45, 2.75) is 6.54 Å². The SMILES string of the molecule is C#Cc1nc(NC(=O)NCc2ccc(-c3cccc(C(N)=O)c3)cc2)cs1. The lowest BCUT2D eigenvalue weighted by molar-refractivity contribution is 0.100. The number of terminal acetylenes is 1. The Hall–Kier alpha value is -3.63. The van der Waals surface area contributed by atoms with Gasteiger partial charge in [0.15, 0.2) is 5.01 Å². The van der Waals surface area contributed by atoms with E-state index in [1.54, 1.807) is 23.6 Å². The fraction of sp³-hybridized carbons (Fsp3) is 0.0500. The van der Waals surface area contributed by atoms with E-state index in [9.17, 15) is 9.59 Å². The Labute approximate surface area is 160 Å². The highest BCUT2D eigenvalue weighted by Crippen LogP contribution is 2.21. The number of carbonyl (C=O) groups is 2. The van der Waals surface area contributed by atoms with Crippen LogP contribution >= 0.6 is 11.3 Å². The van der Waals surface area contributed by atoms with E-state index in [2.05, 4.69) is 21.5 Å². The Bertz CT molecular complexity index is 1020. The van der Waals surface area contributed by atoms with Gasteiger partial charge in [-0.25, -0.2) is 9.78 Å². The molecule has 0 spiro atoms. The van der Waals surface area contributed by atoms with Crippen LogP contribution in [0.2, 0.25) is 0 Å². The van der Waals surface area contributed by atoms with Crippen molar-refractivity contribution in [3.05, 3.63) is 70.0 Å². The number of benzene rings is 2. The summed E-state index contributed by atoms with van der Waals surface area (Å²) in [5, 5.41) is 7.59. The first kappa shape index (κ1) is 18.2. The van der Waals surface area contributed by atoms with Crippen LogP contribution in [0.15, 0.2) is 53.9 Å². The number of primary amides is 1. The molecule has 7 heteroatoms. The molecule has 2 aromatic carbocycles. The summed E-state index contributed by atoms with van der Waals surface area (Å²) in [6.07, 6.45) is 5.25. The molecule has 0 aliphatic heterocycles. The van der Waals surface area contributed by atoms with Gasteiger partial charge in [-0.1, -0.05) is 36.4 Å². The third kappa shape index (κ3) is 4.71. The summed E-state index contributed by atoms with van der Waals surface area (Å²) >= 11 is 1.29. The van der Waals surface area contributed by atoms with Crippen LogP contribution in [-0.2, 0) is 6.54 Å². The van der Waals surface area contributed by atoms with Gasteiger partial charge in [-0.3, -0.25) is 10.1 Å². The van der Waals surface area contributed by atoms with E-state index < -0.39 is 5.91 Å². The third-order valence-corrected chi connectivity index (χ3v) is 4.53. The molecular weight excluding hydrogens is 360 g/mol. The zero-order valence-corrected chi connectivity index (χ0v) is 15.0. The molecule has 3 amide bonds. The predicted molar refractivity (Wildman–Crippen MR) is 106 cm³/mol. The molecule has 4 N–H and O–H groups in total. The Balaban J connectivity index is 1.59. The molecule has 0 unspecified atom stereocenters. The Kier molecular flexibility index (Phi) is 5.50. The van der Waals surface area contributed by atoms with Crippen molar-refractivity contribution in [2.24, 2.45) is 5.73 Å². The normalized spacial score (nSPS) is 10.0. The van der Waals surface area contributed by atoms with Crippen molar-refractivity contribution in [1.29, 1.82) is 0 Å². The van der Waals surface area contributed by atoms with E-state index in [0.717, 1.165) is 16.7 Å². The molecule has 0 bridgehead atoms. The molecule has 0 atom stereocenters. The van der Waals surface area contributed by atoms with E-state index in [-0.39, 0.29) is 6.03 Å². The fourth-order valence-electron chi connectivity index (χ4n) is 2.41. The number of thiazole rings is 1. The second kappa shape index (κ2) is 8.17. The number of anilines is 1. The molecule has 0 aliphatic carbocycles. The first-order valence-electron chi connectivity index (χ1n) is 8.01. The topological polar surface area (TPSA) is 97.1 Å². The molecule has 3 rings (SSSR count). The van der Waals surface area contributed by atoms with Crippen molar-refractivity contribution < 1.29 is 9.59 Å². The van der Waals surface area contributed by atoms with Crippen molar-refractivity contribution in [3.8, 4) is 23.5 Å². The van der Waals surface area contributed by atoms with Gasteiger partial charge in [0.05, 0.1) is 0 Å². The van der Waals surface area contributed by atoms with Crippen LogP contribution in [0.25, 0.3) is 11.1 Å². The molecule has 0 radical (unpaired) electrons. The second-order valence-corrected chi connectivity index (χ2v) is 6.49. The molecule has 0 aliphatic rings. The first-order valence-corrected chi connectivity index (χ1v) is 8.89. The van der Waals surface area contributed by atoms with Crippen LogP contribution in [0.3, 0.4) is 0 Å². The number of rotatable bonds is 5. The monoisotopic (exact) mass is 376 g/mol. The van der Waals surface area contributed by atoms with Gasteiger partial charge >= 0.3 is 6.03 Å². The van der Waals surface area contributed by atoms with Gasteiger partial charge in [-0.15, -0.1) is 17.8 Å². The van der Waals surface area contributed by atoms with Crippen molar-refractivity contribution >= 4 is 29.1 Å². The standard InChI is InChI=1S/C20H16N4O2S/c1-2-18-23-17(12-27-18)24-20(26)22-11-13-6-8-14(9-7-13)15-4-3-5-16(10-15)19(21)25/h1,3-10,12H,11H2,(H2,21,25)(H2,22,24,26). The zero-order valence-electron chi connectivity index (χ0n) is 14.2. The van der Waals surface area contributed by atoms with E-state index in [0.29, 0.717) is 22.9 Å². The summed E-state index contributed by atoms with van der Waals surface area (Å²) in [7, 11) is 0. The lowest BCUT2D eigenvalue weighted by Crippen LogP contribution is -2.28. The smallest absolute Gasteiger partial charge is 0.320 e. The van der Waals surface area contributed by atoms with Gasteiger partial charge < -0.3 is 11.1 Å². The van der Waals surface area contributed by atoms with E-state index in [1.165, 1.54) is 11.3 Å². The Morgan fingerprint density at radius 3 is 2.59 bits per heavy atom. The van der Waals surface area contributed by atoms with E-state index >= 15 is 0 Å². The number of nitrogens with one attached hydrogen (secondary N) is 2. The number of nitrogens with zero attached hydrogens (tertiary/aromatic N) is 1. The van der Waals surface area contributed by atoms with Crippen LogP contribution in [0.5, 0.6) is 0 Å². The number of hydrogen-bond donors (Lipinski definition) is 3. The molecule has 0 fully saturated rings. The minimum Gasteiger partial charge on any atom is -0.366 e. The van der Waals surface area contributed by atoms with Crippen molar-refractivity contribution in [3.63, 3.8) is 0 Å². The van der Waals surface area contributed by atoms with Crippen LogP contribution in [-0.4, -0.2) is 16.9 Å². The highest BCUT2D eigenvalue weighted by Gasteiger charge is 2.06. The van der Waals surface area contributed by atoms with Crippen molar-refractivity contribution in [1.82, 2.24) is 10.3 Å². The first-order chi connectivity index (χ1) is 13.0. The summed E-state index contributed by atoms with van der Waals surface area (Å²) in [6.45, 7) is 0.361. The summed E-state index contributed by atoms with van der Waals surface area (Å²) in [6, 6.07) is 14.4. The largest absolute Gasteiger partial charge is 0.366 e. The van der Waals surface area contributed by atoms with Crippen LogP contribution < -0.4 is 16.4 Å². The lowest BCUT2D eigenvalue weighted by Gasteiger charge is -2.08. The van der Waals surface area contributed by atoms with Gasteiger partial charge in [0, 0.05) is 17.5 Å². The highest BCUT2D eigenvalue weighted by molar-refractivity contribution is 7.10. The molecule has 0 saturated heterocycles. The van der Waals surface area contributed by atoms with Gasteiger partial charge in [0.2, 0.25) is 5.91 Å². The number of nitrogens with two attached hydrogens (primary N) is 1. The zero-order chi connectivity index (χ0) is 19.2. The van der Waals surface area contributed by atoms with E-state index in [4.69, 9.17) is 12.2 Å². The maximum atomic E-state index is 11.9. The summed E-state index contributed by atoms with van der Waals surface area (Å²) in [5.41, 5.74) is 8.57. The number of carbonyl (C=O) groups excluding carboxylic acids is 2. The molecular formula is C20H16N4O2S. The summed E-state index contributed by atoms with van der Waals surface area (Å²) in [4.78, 5) is 27.3.